The maximum atomic E-state index is 12.6. The summed E-state index contributed by atoms with van der Waals surface area (Å²) in [4.78, 5) is 26.4. The number of carbonyl (C=O) groups is 2. The molecule has 0 spiro atoms. The molecule has 5 nitrogen and oxygen atoms in total. The van der Waals surface area contributed by atoms with Gasteiger partial charge in [-0.2, -0.15) is 0 Å². The Morgan fingerprint density at radius 3 is 2.75 bits per heavy atom. The van der Waals surface area contributed by atoms with E-state index < -0.39 is 5.97 Å². The van der Waals surface area contributed by atoms with Crippen LogP contribution in [0.2, 0.25) is 0 Å². The lowest BCUT2D eigenvalue weighted by Crippen LogP contribution is -2.31. The summed E-state index contributed by atoms with van der Waals surface area (Å²) >= 11 is 1.31. The normalized spacial score (nSPS) is 15.3. The van der Waals surface area contributed by atoms with Crippen molar-refractivity contribution in [3.05, 3.63) is 58.5 Å². The van der Waals surface area contributed by atoms with Gasteiger partial charge in [0.15, 0.2) is 0 Å². The number of thioether (sulfide) groups is 1. The van der Waals surface area contributed by atoms with Crippen molar-refractivity contribution in [3.63, 3.8) is 0 Å². The fraction of sp³-hybridized carbons (Fsp3) is 0.111. The first-order valence-electron chi connectivity index (χ1n) is 7.16. The van der Waals surface area contributed by atoms with E-state index in [0.717, 1.165) is 10.5 Å². The standard InChI is InChI=1S/C18H15NO4S/c1-19-14-10-12(18(21)22)6-7-15(14)24-16(17(19)20)9-11-4-3-5-13(8-11)23-2/h3-10H,1-2H3,(H,21,22)/p-1. The number of benzene rings is 2. The number of likely N-dealkylation sites (N-methyl/N-ethyl adjacent to an activating group) is 1. The monoisotopic (exact) mass is 340 g/mol. The molecule has 0 saturated carbocycles. The van der Waals surface area contributed by atoms with E-state index in [-0.39, 0.29) is 11.5 Å². The summed E-state index contributed by atoms with van der Waals surface area (Å²) in [5.74, 6) is -0.739. The number of carbonyl (C=O) groups excluding carboxylic acids is 2. The first-order chi connectivity index (χ1) is 11.5. The summed E-state index contributed by atoms with van der Waals surface area (Å²) in [7, 11) is 3.21. The average Bonchev–Trinajstić information content (AvgIpc) is 2.59. The zero-order valence-electron chi connectivity index (χ0n) is 13.1. The van der Waals surface area contributed by atoms with Gasteiger partial charge in [-0.25, -0.2) is 0 Å². The molecule has 0 aromatic heterocycles. The van der Waals surface area contributed by atoms with Crippen LogP contribution < -0.4 is 14.7 Å². The molecule has 0 atom stereocenters. The van der Waals surface area contributed by atoms with Crippen molar-refractivity contribution < 1.29 is 19.4 Å². The number of hydrogen-bond acceptors (Lipinski definition) is 5. The van der Waals surface area contributed by atoms with E-state index in [2.05, 4.69) is 0 Å². The minimum atomic E-state index is -1.26. The minimum Gasteiger partial charge on any atom is -0.545 e. The van der Waals surface area contributed by atoms with Crippen molar-refractivity contribution in [2.75, 3.05) is 19.1 Å². The molecule has 0 unspecified atom stereocenters. The van der Waals surface area contributed by atoms with Gasteiger partial charge in [0.05, 0.1) is 23.7 Å². The summed E-state index contributed by atoms with van der Waals surface area (Å²) in [6.07, 6.45) is 1.79. The molecule has 1 amide bonds. The molecule has 1 aliphatic heterocycles. The number of aromatic carboxylic acids is 1. The van der Waals surface area contributed by atoms with Gasteiger partial charge in [-0.05, 0) is 41.5 Å². The Morgan fingerprint density at radius 1 is 1.25 bits per heavy atom. The van der Waals surface area contributed by atoms with E-state index in [4.69, 9.17) is 4.74 Å². The van der Waals surface area contributed by atoms with Crippen LogP contribution in [0.4, 0.5) is 5.69 Å². The third kappa shape index (κ3) is 3.00. The third-order valence-corrected chi connectivity index (χ3v) is 4.76. The van der Waals surface area contributed by atoms with Crippen molar-refractivity contribution in [1.29, 1.82) is 0 Å². The number of hydrogen-bond donors (Lipinski definition) is 0. The summed E-state index contributed by atoms with van der Waals surface area (Å²) in [6, 6.07) is 12.0. The number of methoxy groups -OCH3 is 1. The Balaban J connectivity index is 1.99. The van der Waals surface area contributed by atoms with Gasteiger partial charge in [0.25, 0.3) is 5.91 Å². The van der Waals surface area contributed by atoms with Gasteiger partial charge in [0.2, 0.25) is 0 Å². The van der Waals surface area contributed by atoms with Crippen LogP contribution in [0.25, 0.3) is 6.08 Å². The number of amides is 1. The van der Waals surface area contributed by atoms with Crippen molar-refractivity contribution in [3.8, 4) is 5.75 Å². The van der Waals surface area contributed by atoms with Gasteiger partial charge in [-0.3, -0.25) is 4.79 Å². The maximum Gasteiger partial charge on any atom is 0.264 e. The molecule has 0 aliphatic carbocycles. The SMILES string of the molecule is COc1cccc(C=C2Sc3ccc(C(=O)[O-])cc3N(C)C2=O)c1. The van der Waals surface area contributed by atoms with Crippen molar-refractivity contribution in [2.24, 2.45) is 0 Å². The highest BCUT2D eigenvalue weighted by Crippen LogP contribution is 2.42. The molecule has 24 heavy (non-hydrogen) atoms. The zero-order chi connectivity index (χ0) is 17.3. The second kappa shape index (κ2) is 6.41. The number of fused-ring (bicyclic) bond motifs is 1. The summed E-state index contributed by atoms with van der Waals surface area (Å²) in [5, 5.41) is 11.0. The molecule has 2 aromatic rings. The Hall–Kier alpha value is -2.73. The second-order valence-corrected chi connectivity index (χ2v) is 6.31. The molecule has 2 aromatic carbocycles. The van der Waals surface area contributed by atoms with Gasteiger partial charge in [0.1, 0.15) is 5.75 Å². The predicted octanol–water partition coefficient (Wildman–Crippen LogP) is 2.17. The highest BCUT2D eigenvalue weighted by Gasteiger charge is 2.26. The molecule has 0 bridgehead atoms. The molecule has 0 radical (unpaired) electrons. The number of ether oxygens (including phenoxy) is 1. The van der Waals surface area contributed by atoms with Crippen molar-refractivity contribution in [1.82, 2.24) is 0 Å². The summed E-state index contributed by atoms with van der Waals surface area (Å²) < 4.78 is 5.19. The van der Waals surface area contributed by atoms with Crippen LogP contribution in [0, 0.1) is 0 Å². The minimum absolute atomic E-state index is 0.0502. The lowest BCUT2D eigenvalue weighted by atomic mass is 10.1. The summed E-state index contributed by atoms with van der Waals surface area (Å²) in [5.41, 5.74) is 1.47. The highest BCUT2D eigenvalue weighted by molar-refractivity contribution is 8.04. The van der Waals surface area contributed by atoms with Crippen LogP contribution in [-0.2, 0) is 4.79 Å². The van der Waals surface area contributed by atoms with Gasteiger partial charge in [-0.1, -0.05) is 30.0 Å². The van der Waals surface area contributed by atoms with Crippen LogP contribution in [-0.4, -0.2) is 26.0 Å². The molecular formula is C18H14NO4S-. The molecule has 0 saturated heterocycles. The molecule has 0 N–H and O–H groups in total. The second-order valence-electron chi connectivity index (χ2n) is 5.22. The lowest BCUT2D eigenvalue weighted by molar-refractivity contribution is -0.255. The van der Waals surface area contributed by atoms with E-state index in [1.165, 1.54) is 28.8 Å². The number of nitrogens with zero attached hydrogens (tertiary/aromatic N) is 1. The zero-order valence-corrected chi connectivity index (χ0v) is 13.9. The quantitative estimate of drug-likeness (QED) is 0.801. The Labute approximate surface area is 143 Å². The molecule has 122 valence electrons. The third-order valence-electron chi connectivity index (χ3n) is 3.68. The Kier molecular flexibility index (Phi) is 4.31. The van der Waals surface area contributed by atoms with E-state index in [0.29, 0.717) is 16.3 Å². The van der Waals surface area contributed by atoms with Crippen LogP contribution >= 0.6 is 11.8 Å². The number of anilines is 1. The molecule has 3 rings (SSSR count). The molecule has 1 heterocycles. The van der Waals surface area contributed by atoms with E-state index >= 15 is 0 Å². The van der Waals surface area contributed by atoms with Crippen LogP contribution in [0.3, 0.4) is 0 Å². The van der Waals surface area contributed by atoms with Gasteiger partial charge in [-0.15, -0.1) is 0 Å². The Bertz CT molecular complexity index is 860. The van der Waals surface area contributed by atoms with E-state index in [1.807, 2.05) is 24.3 Å². The fourth-order valence-corrected chi connectivity index (χ4v) is 3.50. The highest BCUT2D eigenvalue weighted by atomic mass is 32.2. The van der Waals surface area contributed by atoms with Gasteiger partial charge < -0.3 is 19.5 Å². The smallest absolute Gasteiger partial charge is 0.264 e. The number of carboxylic acids is 1. The predicted molar refractivity (Wildman–Crippen MR) is 91.0 cm³/mol. The van der Waals surface area contributed by atoms with Crippen molar-refractivity contribution >= 4 is 35.4 Å². The fourth-order valence-electron chi connectivity index (χ4n) is 2.40. The topological polar surface area (TPSA) is 69.7 Å². The molecular weight excluding hydrogens is 326 g/mol. The number of carboxylic acid groups (broad SMARTS) is 1. The van der Waals surface area contributed by atoms with E-state index in [1.54, 1.807) is 26.3 Å². The van der Waals surface area contributed by atoms with Crippen LogP contribution in [0.1, 0.15) is 15.9 Å². The maximum absolute atomic E-state index is 12.6. The van der Waals surface area contributed by atoms with Gasteiger partial charge >= 0.3 is 0 Å². The summed E-state index contributed by atoms with van der Waals surface area (Å²) in [6.45, 7) is 0. The molecule has 0 fully saturated rings. The molecule has 6 heteroatoms. The molecule has 1 aliphatic rings. The first-order valence-corrected chi connectivity index (χ1v) is 7.98. The van der Waals surface area contributed by atoms with E-state index in [9.17, 15) is 14.7 Å². The Morgan fingerprint density at radius 2 is 2.04 bits per heavy atom. The average molecular weight is 340 g/mol. The lowest BCUT2D eigenvalue weighted by Gasteiger charge is -2.27. The van der Waals surface area contributed by atoms with Gasteiger partial charge in [0, 0.05) is 11.9 Å². The van der Waals surface area contributed by atoms with Crippen LogP contribution in [0.5, 0.6) is 5.75 Å². The first kappa shape index (κ1) is 16.1. The number of rotatable bonds is 3. The van der Waals surface area contributed by atoms with Crippen LogP contribution in [0.15, 0.2) is 52.3 Å². The van der Waals surface area contributed by atoms with Crippen molar-refractivity contribution in [2.45, 2.75) is 4.90 Å². The largest absolute Gasteiger partial charge is 0.545 e.